The van der Waals surface area contributed by atoms with Crippen LogP contribution in [0.2, 0.25) is 0 Å². The molecule has 1 saturated heterocycles. The molecule has 0 saturated carbocycles. The van der Waals surface area contributed by atoms with Crippen LogP contribution in [0, 0.1) is 0 Å². The maximum atomic E-state index is 12.9. The number of rotatable bonds is 6. The van der Waals surface area contributed by atoms with E-state index in [1.807, 2.05) is 31.2 Å². The Morgan fingerprint density at radius 3 is 1.45 bits per heavy atom. The molecule has 1 aliphatic heterocycles. The molecule has 3 rings (SSSR count). The monoisotopic (exact) mass is 436 g/mol. The van der Waals surface area contributed by atoms with E-state index in [-0.39, 0.29) is 36.0 Å². The highest BCUT2D eigenvalue weighted by Crippen LogP contribution is 2.23. The van der Waals surface area contributed by atoms with Gasteiger partial charge in [-0.05, 0) is 47.7 Å². The summed E-state index contributed by atoms with van der Waals surface area (Å²) in [7, 11) is -7.26. The molecule has 1 aliphatic rings. The minimum atomic E-state index is -3.64. The minimum Gasteiger partial charge on any atom is -0.207 e. The van der Waals surface area contributed by atoms with Crippen molar-refractivity contribution in [2.75, 3.05) is 26.2 Å². The Labute approximate surface area is 174 Å². The van der Waals surface area contributed by atoms with Crippen molar-refractivity contribution in [1.82, 2.24) is 8.61 Å². The average molecular weight is 437 g/mol. The summed E-state index contributed by atoms with van der Waals surface area (Å²) in [5.74, 6) is 0.326. The lowest BCUT2D eigenvalue weighted by molar-refractivity contribution is 0.273. The van der Waals surface area contributed by atoms with Gasteiger partial charge < -0.3 is 0 Å². The molecule has 0 unspecified atom stereocenters. The van der Waals surface area contributed by atoms with E-state index in [1.165, 1.54) is 8.61 Å². The van der Waals surface area contributed by atoms with Crippen LogP contribution in [0.3, 0.4) is 0 Å². The van der Waals surface area contributed by atoms with Crippen LogP contribution < -0.4 is 0 Å². The predicted octanol–water partition coefficient (Wildman–Crippen LogP) is 3.07. The van der Waals surface area contributed by atoms with E-state index in [2.05, 4.69) is 13.8 Å². The van der Waals surface area contributed by atoms with Crippen molar-refractivity contribution in [3.8, 4) is 0 Å². The normalized spacial score (nSPS) is 17.0. The van der Waals surface area contributed by atoms with Gasteiger partial charge in [-0.3, -0.25) is 0 Å². The first-order valence-electron chi connectivity index (χ1n) is 9.85. The van der Waals surface area contributed by atoms with Gasteiger partial charge >= 0.3 is 0 Å². The lowest BCUT2D eigenvalue weighted by Crippen LogP contribution is -2.50. The lowest BCUT2D eigenvalue weighted by Gasteiger charge is -2.33. The Morgan fingerprint density at radius 2 is 1.10 bits per heavy atom. The molecule has 1 fully saturated rings. The maximum absolute atomic E-state index is 12.9. The summed E-state index contributed by atoms with van der Waals surface area (Å²) in [4.78, 5) is 0.489. The SMILES string of the molecule is CCc1ccc(S(=O)(=O)N2CCN(S(=O)(=O)c3ccc(C(C)C)cc3)CC2)cc1. The van der Waals surface area contributed by atoms with E-state index >= 15 is 0 Å². The summed E-state index contributed by atoms with van der Waals surface area (Å²) < 4.78 is 54.3. The summed E-state index contributed by atoms with van der Waals surface area (Å²) in [6.07, 6.45) is 0.842. The molecule has 158 valence electrons. The third-order valence-electron chi connectivity index (χ3n) is 5.35. The number of hydrogen-bond donors (Lipinski definition) is 0. The van der Waals surface area contributed by atoms with Gasteiger partial charge in [-0.2, -0.15) is 8.61 Å². The van der Waals surface area contributed by atoms with E-state index in [4.69, 9.17) is 0 Å². The van der Waals surface area contributed by atoms with Gasteiger partial charge in [0.15, 0.2) is 0 Å². The highest BCUT2D eigenvalue weighted by molar-refractivity contribution is 7.89. The predicted molar refractivity (Wildman–Crippen MR) is 114 cm³/mol. The first-order chi connectivity index (χ1) is 13.7. The molecule has 1 heterocycles. The van der Waals surface area contributed by atoms with Crippen LogP contribution in [0.25, 0.3) is 0 Å². The Kier molecular flexibility index (Phi) is 6.48. The standard InChI is InChI=1S/C21H28N2O4S2/c1-4-18-5-9-20(10-6-18)28(24,25)22-13-15-23(16-14-22)29(26,27)21-11-7-19(8-12-21)17(2)3/h5-12,17H,4,13-16H2,1-3H3. The number of sulfonamides is 2. The molecule has 2 aromatic rings. The zero-order valence-corrected chi connectivity index (χ0v) is 18.7. The van der Waals surface area contributed by atoms with Crippen LogP contribution in [0.1, 0.15) is 37.8 Å². The summed E-state index contributed by atoms with van der Waals surface area (Å²) in [6.45, 7) is 6.68. The second-order valence-electron chi connectivity index (χ2n) is 7.53. The van der Waals surface area contributed by atoms with Gasteiger partial charge in [-0.25, -0.2) is 16.8 Å². The second kappa shape index (κ2) is 8.55. The molecule has 0 amide bonds. The Bertz CT molecular complexity index is 1040. The van der Waals surface area contributed by atoms with Gasteiger partial charge in [-0.1, -0.05) is 45.0 Å². The number of hydrogen-bond acceptors (Lipinski definition) is 4. The number of piperazine rings is 1. The molecule has 2 aromatic carbocycles. The molecule has 0 spiro atoms. The van der Waals surface area contributed by atoms with Gasteiger partial charge in [0.05, 0.1) is 9.79 Å². The zero-order valence-electron chi connectivity index (χ0n) is 17.1. The molecule has 0 N–H and O–H groups in total. The maximum Gasteiger partial charge on any atom is 0.243 e. The molecule has 0 bridgehead atoms. The fourth-order valence-electron chi connectivity index (χ4n) is 3.37. The van der Waals surface area contributed by atoms with Gasteiger partial charge in [0.1, 0.15) is 0 Å². The molecule has 6 nitrogen and oxygen atoms in total. The number of aryl methyl sites for hydroxylation is 1. The molecule has 0 aliphatic carbocycles. The van der Waals surface area contributed by atoms with Gasteiger partial charge in [-0.15, -0.1) is 0 Å². The topological polar surface area (TPSA) is 74.8 Å². The van der Waals surface area contributed by atoms with Gasteiger partial charge in [0.25, 0.3) is 0 Å². The molecule has 0 aromatic heterocycles. The van der Waals surface area contributed by atoms with Crippen LogP contribution in [-0.4, -0.2) is 51.6 Å². The van der Waals surface area contributed by atoms with Crippen molar-refractivity contribution in [2.24, 2.45) is 0 Å². The van der Waals surface area contributed by atoms with Crippen LogP contribution in [-0.2, 0) is 26.5 Å². The fourth-order valence-corrected chi connectivity index (χ4v) is 6.21. The smallest absolute Gasteiger partial charge is 0.207 e. The summed E-state index contributed by atoms with van der Waals surface area (Å²) in [5, 5.41) is 0. The largest absolute Gasteiger partial charge is 0.243 e. The van der Waals surface area contributed by atoms with Crippen molar-refractivity contribution in [1.29, 1.82) is 0 Å². The van der Waals surface area contributed by atoms with Crippen LogP contribution in [0.5, 0.6) is 0 Å². The van der Waals surface area contributed by atoms with Crippen LogP contribution in [0.15, 0.2) is 58.3 Å². The number of benzene rings is 2. The third kappa shape index (κ3) is 4.55. The van der Waals surface area contributed by atoms with Crippen molar-refractivity contribution < 1.29 is 16.8 Å². The van der Waals surface area contributed by atoms with Crippen molar-refractivity contribution >= 4 is 20.0 Å². The highest BCUT2D eigenvalue weighted by Gasteiger charge is 2.33. The average Bonchev–Trinajstić information content (AvgIpc) is 2.74. The third-order valence-corrected chi connectivity index (χ3v) is 9.18. The Balaban J connectivity index is 1.71. The lowest BCUT2D eigenvalue weighted by atomic mass is 10.0. The Morgan fingerprint density at radius 1 is 0.724 bits per heavy atom. The van der Waals surface area contributed by atoms with E-state index in [9.17, 15) is 16.8 Å². The van der Waals surface area contributed by atoms with Crippen LogP contribution in [0.4, 0.5) is 0 Å². The molecule has 0 radical (unpaired) electrons. The van der Waals surface area contributed by atoms with Crippen molar-refractivity contribution in [2.45, 2.75) is 42.9 Å². The zero-order chi connectivity index (χ0) is 21.2. The molecular weight excluding hydrogens is 408 g/mol. The van der Waals surface area contributed by atoms with Gasteiger partial charge in [0, 0.05) is 26.2 Å². The van der Waals surface area contributed by atoms with Crippen molar-refractivity contribution in [3.05, 3.63) is 59.7 Å². The second-order valence-corrected chi connectivity index (χ2v) is 11.4. The number of nitrogens with zero attached hydrogens (tertiary/aromatic N) is 2. The Hall–Kier alpha value is -1.74. The van der Waals surface area contributed by atoms with E-state index in [0.717, 1.165) is 17.5 Å². The van der Waals surface area contributed by atoms with E-state index in [0.29, 0.717) is 5.92 Å². The van der Waals surface area contributed by atoms with Crippen molar-refractivity contribution in [3.63, 3.8) is 0 Å². The van der Waals surface area contributed by atoms with E-state index < -0.39 is 20.0 Å². The molecule has 0 atom stereocenters. The summed E-state index contributed by atoms with van der Waals surface area (Å²) in [5.41, 5.74) is 2.15. The van der Waals surface area contributed by atoms with Crippen LogP contribution >= 0.6 is 0 Å². The van der Waals surface area contributed by atoms with E-state index in [1.54, 1.807) is 24.3 Å². The first-order valence-corrected chi connectivity index (χ1v) is 12.7. The summed E-state index contributed by atoms with van der Waals surface area (Å²) in [6, 6.07) is 13.8. The summed E-state index contributed by atoms with van der Waals surface area (Å²) >= 11 is 0. The molecular formula is C21H28N2O4S2. The fraction of sp³-hybridized carbons (Fsp3) is 0.429. The minimum absolute atomic E-state index is 0.139. The van der Waals surface area contributed by atoms with Gasteiger partial charge in [0.2, 0.25) is 20.0 Å². The first kappa shape index (κ1) is 22.0. The quantitative estimate of drug-likeness (QED) is 0.697. The highest BCUT2D eigenvalue weighted by atomic mass is 32.2. The molecule has 8 heteroatoms. The molecule has 29 heavy (non-hydrogen) atoms.